The minimum absolute atomic E-state index is 0.0168. The van der Waals surface area contributed by atoms with Crippen molar-refractivity contribution < 1.29 is 0 Å². The fourth-order valence-corrected chi connectivity index (χ4v) is 4.16. The van der Waals surface area contributed by atoms with Gasteiger partial charge in [0.05, 0.1) is 18.8 Å². The van der Waals surface area contributed by atoms with E-state index < -0.39 is 0 Å². The first-order valence-corrected chi connectivity index (χ1v) is 11.7. The van der Waals surface area contributed by atoms with E-state index >= 15 is 0 Å². The van der Waals surface area contributed by atoms with Gasteiger partial charge >= 0.3 is 5.69 Å². The zero-order valence-corrected chi connectivity index (χ0v) is 19.5. The molecule has 2 heterocycles. The number of hydrogen-bond acceptors (Lipinski definition) is 4. The molecule has 0 aliphatic heterocycles. The number of rotatable bonds is 8. The maximum atomic E-state index is 13.3. The summed E-state index contributed by atoms with van der Waals surface area (Å²) in [6.07, 6.45) is 6.96. The maximum absolute atomic E-state index is 13.3. The van der Waals surface area contributed by atoms with Crippen LogP contribution in [0.2, 0.25) is 0 Å². The Labute approximate surface area is 203 Å². The lowest BCUT2D eigenvalue weighted by atomic mass is 9.98. The van der Waals surface area contributed by atoms with Crippen LogP contribution in [0.15, 0.2) is 95.9 Å². The molecule has 0 atom stereocenters. The Bertz CT molecular complexity index is 1480. The monoisotopic (exact) mass is 462 g/mol. The first-order valence-electron chi connectivity index (χ1n) is 11.7. The predicted octanol–water partition coefficient (Wildman–Crippen LogP) is 5.02. The summed E-state index contributed by atoms with van der Waals surface area (Å²) in [4.78, 5) is 13.3. The summed E-state index contributed by atoms with van der Waals surface area (Å²) in [6, 6.07) is 26.3. The van der Waals surface area contributed by atoms with Crippen LogP contribution in [0, 0.1) is 0 Å². The molecule has 2 aromatic heterocycles. The Morgan fingerprint density at radius 3 is 2.29 bits per heavy atom. The number of benzene rings is 3. The fraction of sp³-hybridized carbons (Fsp3) is 0.143. The quantitative estimate of drug-likeness (QED) is 0.351. The van der Waals surface area contributed by atoms with Crippen LogP contribution in [-0.4, -0.2) is 29.8 Å². The maximum Gasteiger partial charge on any atom is 0.329 e. The molecule has 0 fully saturated rings. The molecule has 0 radical (unpaired) electrons. The van der Waals surface area contributed by atoms with Gasteiger partial charge in [0.15, 0.2) is 5.82 Å². The van der Waals surface area contributed by atoms with Gasteiger partial charge in [-0.15, -0.1) is 5.10 Å². The highest BCUT2D eigenvalue weighted by Gasteiger charge is 2.12. The van der Waals surface area contributed by atoms with E-state index in [1.807, 2.05) is 65.4 Å². The summed E-state index contributed by atoms with van der Waals surface area (Å²) >= 11 is 0. The van der Waals surface area contributed by atoms with Crippen LogP contribution >= 0.6 is 0 Å². The summed E-state index contributed by atoms with van der Waals surface area (Å²) in [5.41, 5.74) is 6.07. The molecule has 3 aromatic carbocycles. The highest BCUT2D eigenvalue weighted by atomic mass is 16.1. The standard InChI is InChI=1S/C28H26N6O/c1-2-3-11-24-20-33(18-21-9-5-4-6-10-21)28(35)34(24)19-22-14-16-23(17-15-22)25-12-7-8-13-26(25)27-29-31-32-30-27/h3-17,20H,2,18-19H2,1H3,(H,29,30,31,32). The van der Waals surface area contributed by atoms with Crippen molar-refractivity contribution >= 4 is 6.08 Å². The van der Waals surface area contributed by atoms with E-state index in [4.69, 9.17) is 0 Å². The number of tetrazole rings is 1. The molecule has 0 bridgehead atoms. The van der Waals surface area contributed by atoms with E-state index in [0.29, 0.717) is 18.9 Å². The van der Waals surface area contributed by atoms with Crippen LogP contribution in [0.25, 0.3) is 28.6 Å². The molecule has 0 saturated carbocycles. The molecule has 7 heteroatoms. The van der Waals surface area contributed by atoms with E-state index in [1.54, 1.807) is 4.57 Å². The van der Waals surface area contributed by atoms with Crippen LogP contribution in [0.5, 0.6) is 0 Å². The average molecular weight is 463 g/mol. The Kier molecular flexibility index (Phi) is 6.48. The van der Waals surface area contributed by atoms with Crippen molar-refractivity contribution in [2.24, 2.45) is 0 Å². The van der Waals surface area contributed by atoms with Crippen molar-refractivity contribution in [2.45, 2.75) is 26.4 Å². The molecule has 7 nitrogen and oxygen atoms in total. The van der Waals surface area contributed by atoms with Gasteiger partial charge in [-0.2, -0.15) is 0 Å². The molecule has 1 N–H and O–H groups in total. The van der Waals surface area contributed by atoms with E-state index in [-0.39, 0.29) is 5.69 Å². The summed E-state index contributed by atoms with van der Waals surface area (Å²) in [6.45, 7) is 3.13. The molecule has 0 amide bonds. The molecule has 0 saturated heterocycles. The van der Waals surface area contributed by atoms with Gasteiger partial charge in [0, 0.05) is 11.8 Å². The van der Waals surface area contributed by atoms with Gasteiger partial charge in [0.1, 0.15) is 0 Å². The van der Waals surface area contributed by atoms with Crippen molar-refractivity contribution in [3.05, 3.63) is 118 Å². The van der Waals surface area contributed by atoms with Crippen LogP contribution in [0.3, 0.4) is 0 Å². The minimum atomic E-state index is -0.0168. The SMILES string of the molecule is CCC=Cc1cn(Cc2ccccc2)c(=O)n1Cc1ccc(-c2ccccc2-c2nnn[nH]2)cc1. The fourth-order valence-electron chi connectivity index (χ4n) is 4.16. The smallest absolute Gasteiger partial charge is 0.294 e. The largest absolute Gasteiger partial charge is 0.329 e. The van der Waals surface area contributed by atoms with Crippen molar-refractivity contribution in [2.75, 3.05) is 0 Å². The first-order chi connectivity index (χ1) is 17.2. The van der Waals surface area contributed by atoms with Gasteiger partial charge in [-0.25, -0.2) is 9.89 Å². The molecule has 0 spiro atoms. The Balaban J connectivity index is 1.44. The molecular formula is C28H26N6O. The highest BCUT2D eigenvalue weighted by molar-refractivity contribution is 5.80. The third-order valence-electron chi connectivity index (χ3n) is 5.93. The Morgan fingerprint density at radius 2 is 1.57 bits per heavy atom. The van der Waals surface area contributed by atoms with Gasteiger partial charge in [0.2, 0.25) is 0 Å². The number of allylic oxidation sites excluding steroid dienone is 1. The van der Waals surface area contributed by atoms with Crippen molar-refractivity contribution in [1.29, 1.82) is 0 Å². The average Bonchev–Trinajstić information content (AvgIpc) is 3.54. The van der Waals surface area contributed by atoms with Gasteiger partial charge < -0.3 is 0 Å². The summed E-state index contributed by atoms with van der Waals surface area (Å²) < 4.78 is 3.61. The summed E-state index contributed by atoms with van der Waals surface area (Å²) in [7, 11) is 0. The van der Waals surface area contributed by atoms with E-state index in [9.17, 15) is 4.79 Å². The molecule has 174 valence electrons. The third-order valence-corrected chi connectivity index (χ3v) is 5.93. The second kappa shape index (κ2) is 10.2. The topological polar surface area (TPSA) is 81.4 Å². The zero-order valence-electron chi connectivity index (χ0n) is 19.5. The van der Waals surface area contributed by atoms with Crippen molar-refractivity contribution in [3.8, 4) is 22.5 Å². The molecule has 0 aliphatic rings. The lowest BCUT2D eigenvalue weighted by Crippen LogP contribution is -2.25. The molecule has 35 heavy (non-hydrogen) atoms. The summed E-state index contributed by atoms with van der Waals surface area (Å²) in [5.74, 6) is 0.628. The lowest BCUT2D eigenvalue weighted by molar-refractivity contribution is 0.682. The molecule has 5 rings (SSSR count). The van der Waals surface area contributed by atoms with E-state index in [2.05, 4.69) is 64.0 Å². The summed E-state index contributed by atoms with van der Waals surface area (Å²) in [5, 5.41) is 14.3. The number of nitrogens with one attached hydrogen (secondary N) is 1. The first kappa shape index (κ1) is 22.3. The number of aromatic nitrogens is 6. The third kappa shape index (κ3) is 4.89. The molecule has 0 unspecified atom stereocenters. The predicted molar refractivity (Wildman–Crippen MR) is 138 cm³/mol. The van der Waals surface area contributed by atoms with Crippen molar-refractivity contribution in [1.82, 2.24) is 29.8 Å². The molecule has 5 aromatic rings. The van der Waals surface area contributed by atoms with Gasteiger partial charge in [0.25, 0.3) is 0 Å². The van der Waals surface area contributed by atoms with E-state index in [1.165, 1.54) is 0 Å². The zero-order chi connectivity index (χ0) is 24.0. The van der Waals surface area contributed by atoms with Gasteiger partial charge in [-0.05, 0) is 45.2 Å². The minimum Gasteiger partial charge on any atom is -0.294 e. The van der Waals surface area contributed by atoms with Crippen LogP contribution in [0.4, 0.5) is 0 Å². The van der Waals surface area contributed by atoms with Crippen LogP contribution < -0.4 is 5.69 Å². The number of hydrogen-bond donors (Lipinski definition) is 1. The molecule has 0 aliphatic carbocycles. The van der Waals surface area contributed by atoms with Crippen molar-refractivity contribution in [3.63, 3.8) is 0 Å². The lowest BCUT2D eigenvalue weighted by Gasteiger charge is -2.09. The van der Waals surface area contributed by atoms with Crippen LogP contribution in [0.1, 0.15) is 30.2 Å². The number of aromatic amines is 1. The van der Waals surface area contributed by atoms with Gasteiger partial charge in [-0.3, -0.25) is 9.13 Å². The van der Waals surface area contributed by atoms with E-state index in [0.717, 1.165) is 39.9 Å². The Hall–Kier alpha value is -4.52. The number of imidazole rings is 1. The second-order valence-electron chi connectivity index (χ2n) is 8.34. The Morgan fingerprint density at radius 1 is 0.857 bits per heavy atom. The number of H-pyrrole nitrogens is 1. The molecular weight excluding hydrogens is 436 g/mol. The number of nitrogens with zero attached hydrogens (tertiary/aromatic N) is 5. The normalized spacial score (nSPS) is 11.3. The van der Waals surface area contributed by atoms with Gasteiger partial charge in [-0.1, -0.05) is 91.9 Å². The second-order valence-corrected chi connectivity index (χ2v) is 8.34. The highest BCUT2D eigenvalue weighted by Crippen LogP contribution is 2.29. The van der Waals surface area contributed by atoms with Crippen LogP contribution in [-0.2, 0) is 13.1 Å².